The van der Waals surface area contributed by atoms with Gasteiger partial charge in [0.15, 0.2) is 0 Å². The van der Waals surface area contributed by atoms with E-state index >= 15 is 0 Å². The van der Waals surface area contributed by atoms with Crippen LogP contribution in [0.5, 0.6) is 5.75 Å². The van der Waals surface area contributed by atoms with Crippen molar-refractivity contribution in [2.45, 2.75) is 0 Å². The SMILES string of the molecule is O=C(O)c1ccncc1-c1cc(O)cc(F)c1. The average Bonchev–Trinajstić information content (AvgIpc) is 2.27. The summed E-state index contributed by atoms with van der Waals surface area (Å²) in [5, 5.41) is 18.3. The van der Waals surface area contributed by atoms with Crippen molar-refractivity contribution in [3.63, 3.8) is 0 Å². The van der Waals surface area contributed by atoms with Crippen molar-refractivity contribution >= 4 is 5.97 Å². The monoisotopic (exact) mass is 233 g/mol. The van der Waals surface area contributed by atoms with E-state index in [2.05, 4.69) is 4.98 Å². The van der Waals surface area contributed by atoms with Crippen molar-refractivity contribution in [2.24, 2.45) is 0 Å². The predicted molar refractivity (Wildman–Crippen MR) is 58.3 cm³/mol. The molecule has 0 saturated heterocycles. The number of hydrogen-bond acceptors (Lipinski definition) is 3. The number of carbonyl (C=O) groups is 1. The number of phenols is 1. The highest BCUT2D eigenvalue weighted by atomic mass is 19.1. The summed E-state index contributed by atoms with van der Waals surface area (Å²) in [6.07, 6.45) is 2.66. The van der Waals surface area contributed by atoms with E-state index in [1.807, 2.05) is 0 Å². The van der Waals surface area contributed by atoms with Crippen LogP contribution in [0, 0.1) is 5.82 Å². The quantitative estimate of drug-likeness (QED) is 0.834. The Bertz CT molecular complexity index is 563. The number of phenolic OH excluding ortho intramolecular Hbond substituents is 1. The highest BCUT2D eigenvalue weighted by molar-refractivity contribution is 5.95. The van der Waals surface area contributed by atoms with Crippen LogP contribution in [0.15, 0.2) is 36.7 Å². The molecule has 4 nitrogen and oxygen atoms in total. The van der Waals surface area contributed by atoms with Crippen molar-refractivity contribution in [3.8, 4) is 16.9 Å². The van der Waals surface area contributed by atoms with Crippen LogP contribution in [0.3, 0.4) is 0 Å². The summed E-state index contributed by atoms with van der Waals surface area (Å²) in [4.78, 5) is 14.8. The first kappa shape index (κ1) is 11.1. The largest absolute Gasteiger partial charge is 0.508 e. The molecule has 1 aromatic heterocycles. The van der Waals surface area contributed by atoms with Gasteiger partial charge in [-0.15, -0.1) is 0 Å². The Morgan fingerprint density at radius 2 is 2.06 bits per heavy atom. The fraction of sp³-hybridized carbons (Fsp3) is 0. The summed E-state index contributed by atoms with van der Waals surface area (Å²) in [6, 6.07) is 4.69. The highest BCUT2D eigenvalue weighted by Crippen LogP contribution is 2.27. The van der Waals surface area contributed by atoms with Crippen molar-refractivity contribution in [2.75, 3.05) is 0 Å². The summed E-state index contributed by atoms with van der Waals surface area (Å²) < 4.78 is 13.1. The van der Waals surface area contributed by atoms with Gasteiger partial charge < -0.3 is 10.2 Å². The van der Waals surface area contributed by atoms with E-state index in [9.17, 15) is 14.3 Å². The van der Waals surface area contributed by atoms with E-state index < -0.39 is 11.8 Å². The summed E-state index contributed by atoms with van der Waals surface area (Å²) in [6.45, 7) is 0. The van der Waals surface area contributed by atoms with Crippen molar-refractivity contribution in [1.82, 2.24) is 4.98 Å². The average molecular weight is 233 g/mol. The number of rotatable bonds is 2. The van der Waals surface area contributed by atoms with Crippen LogP contribution in [0.25, 0.3) is 11.1 Å². The number of carboxylic acid groups (broad SMARTS) is 1. The van der Waals surface area contributed by atoms with Crippen LogP contribution in [0.1, 0.15) is 10.4 Å². The normalized spacial score (nSPS) is 10.2. The van der Waals surface area contributed by atoms with Gasteiger partial charge >= 0.3 is 5.97 Å². The van der Waals surface area contributed by atoms with E-state index in [-0.39, 0.29) is 22.4 Å². The molecule has 0 unspecified atom stereocenters. The molecule has 0 fully saturated rings. The highest BCUT2D eigenvalue weighted by Gasteiger charge is 2.12. The molecule has 0 spiro atoms. The zero-order chi connectivity index (χ0) is 12.4. The molecule has 0 aliphatic rings. The van der Waals surface area contributed by atoms with Crippen LogP contribution in [-0.2, 0) is 0 Å². The van der Waals surface area contributed by atoms with Gasteiger partial charge in [-0.1, -0.05) is 0 Å². The molecule has 2 rings (SSSR count). The maximum atomic E-state index is 13.1. The number of aromatic nitrogens is 1. The molecule has 0 bridgehead atoms. The van der Waals surface area contributed by atoms with Gasteiger partial charge in [0.2, 0.25) is 0 Å². The lowest BCUT2D eigenvalue weighted by molar-refractivity contribution is 0.0697. The van der Waals surface area contributed by atoms with Crippen LogP contribution < -0.4 is 0 Å². The van der Waals surface area contributed by atoms with Crippen LogP contribution in [0.4, 0.5) is 4.39 Å². The van der Waals surface area contributed by atoms with Crippen LogP contribution in [0.2, 0.25) is 0 Å². The lowest BCUT2D eigenvalue weighted by atomic mass is 10.0. The Kier molecular flexibility index (Phi) is 2.74. The molecule has 2 aromatic rings. The van der Waals surface area contributed by atoms with Gasteiger partial charge in [0.1, 0.15) is 11.6 Å². The fourth-order valence-electron chi connectivity index (χ4n) is 1.54. The molecule has 5 heteroatoms. The molecule has 2 N–H and O–H groups in total. The van der Waals surface area contributed by atoms with Gasteiger partial charge in [-0.2, -0.15) is 0 Å². The number of halogens is 1. The number of aromatic carboxylic acids is 1. The van der Waals surface area contributed by atoms with E-state index in [0.717, 1.165) is 12.1 Å². The van der Waals surface area contributed by atoms with Crippen molar-refractivity contribution in [1.29, 1.82) is 0 Å². The Labute approximate surface area is 96.0 Å². The molecule has 0 aliphatic carbocycles. The maximum Gasteiger partial charge on any atom is 0.336 e. The van der Waals surface area contributed by atoms with Gasteiger partial charge in [-0.05, 0) is 23.8 Å². The second-order valence-corrected chi connectivity index (χ2v) is 3.42. The Morgan fingerprint density at radius 1 is 1.29 bits per heavy atom. The second-order valence-electron chi connectivity index (χ2n) is 3.42. The molecule has 86 valence electrons. The fourth-order valence-corrected chi connectivity index (χ4v) is 1.54. The molecule has 0 amide bonds. The summed E-state index contributed by atoms with van der Waals surface area (Å²) >= 11 is 0. The van der Waals surface area contributed by atoms with Crippen LogP contribution >= 0.6 is 0 Å². The standard InChI is InChI=1S/C12H8FNO3/c13-8-3-7(4-9(15)5-8)11-6-14-2-1-10(11)12(16)17/h1-6,15H,(H,16,17). The summed E-state index contributed by atoms with van der Waals surface area (Å²) in [5.74, 6) is -2.04. The Hall–Kier alpha value is -2.43. The maximum absolute atomic E-state index is 13.1. The number of aromatic hydroxyl groups is 1. The predicted octanol–water partition coefficient (Wildman–Crippen LogP) is 2.29. The summed E-state index contributed by atoms with van der Waals surface area (Å²) in [5.41, 5.74) is 0.535. The number of hydrogen-bond donors (Lipinski definition) is 2. The first-order valence-corrected chi connectivity index (χ1v) is 4.75. The zero-order valence-electron chi connectivity index (χ0n) is 8.59. The minimum Gasteiger partial charge on any atom is -0.508 e. The van der Waals surface area contributed by atoms with Gasteiger partial charge in [-0.3, -0.25) is 4.98 Å². The van der Waals surface area contributed by atoms with E-state index in [4.69, 9.17) is 5.11 Å². The molecule has 0 radical (unpaired) electrons. The minimum atomic E-state index is -1.13. The lowest BCUT2D eigenvalue weighted by Gasteiger charge is -2.06. The molecule has 0 atom stereocenters. The molecule has 17 heavy (non-hydrogen) atoms. The van der Waals surface area contributed by atoms with Crippen molar-refractivity contribution in [3.05, 3.63) is 48.0 Å². The third-order valence-corrected chi connectivity index (χ3v) is 2.25. The van der Waals surface area contributed by atoms with Crippen molar-refractivity contribution < 1.29 is 19.4 Å². The topological polar surface area (TPSA) is 70.4 Å². The number of benzene rings is 1. The first-order chi connectivity index (χ1) is 8.08. The summed E-state index contributed by atoms with van der Waals surface area (Å²) in [7, 11) is 0. The minimum absolute atomic E-state index is 0.00463. The number of carboxylic acids is 1. The number of pyridine rings is 1. The van der Waals surface area contributed by atoms with Gasteiger partial charge in [0, 0.05) is 24.0 Å². The number of nitrogens with zero attached hydrogens (tertiary/aromatic N) is 1. The smallest absolute Gasteiger partial charge is 0.336 e. The van der Waals surface area contributed by atoms with E-state index in [1.165, 1.54) is 24.5 Å². The van der Waals surface area contributed by atoms with E-state index in [0.29, 0.717) is 0 Å². The Balaban J connectivity index is 2.64. The molecule has 0 aliphatic heterocycles. The molecular weight excluding hydrogens is 225 g/mol. The second kappa shape index (κ2) is 4.21. The Morgan fingerprint density at radius 3 is 2.71 bits per heavy atom. The van der Waals surface area contributed by atoms with Gasteiger partial charge in [-0.25, -0.2) is 9.18 Å². The third-order valence-electron chi connectivity index (χ3n) is 2.25. The zero-order valence-corrected chi connectivity index (χ0v) is 8.59. The first-order valence-electron chi connectivity index (χ1n) is 4.75. The van der Waals surface area contributed by atoms with Gasteiger partial charge in [0.05, 0.1) is 5.56 Å². The molecule has 0 saturated carbocycles. The van der Waals surface area contributed by atoms with Crippen LogP contribution in [-0.4, -0.2) is 21.2 Å². The lowest BCUT2D eigenvalue weighted by Crippen LogP contribution is -2.00. The molecular formula is C12H8FNO3. The van der Waals surface area contributed by atoms with Gasteiger partial charge in [0.25, 0.3) is 0 Å². The molecule has 1 aromatic carbocycles. The third kappa shape index (κ3) is 2.23. The van der Waals surface area contributed by atoms with E-state index in [1.54, 1.807) is 0 Å². The molecule has 1 heterocycles.